The predicted molar refractivity (Wildman–Crippen MR) is 135 cm³/mol. The number of carbonyl (C=O) groups excluding carboxylic acids is 1. The summed E-state index contributed by atoms with van der Waals surface area (Å²) in [5.41, 5.74) is 6.14. The molecule has 34 heavy (non-hydrogen) atoms. The summed E-state index contributed by atoms with van der Waals surface area (Å²) in [6.07, 6.45) is 0. The Morgan fingerprint density at radius 3 is 2.32 bits per heavy atom. The number of nitrogens with zero attached hydrogens (tertiary/aromatic N) is 4. The minimum atomic E-state index is -0.220. The third-order valence-corrected chi connectivity index (χ3v) is 5.87. The fourth-order valence-electron chi connectivity index (χ4n) is 3.28. The zero-order valence-electron chi connectivity index (χ0n) is 19.0. The second kappa shape index (κ2) is 11.3. The van der Waals surface area contributed by atoms with Gasteiger partial charge in [-0.15, -0.1) is 10.2 Å². The molecule has 0 atom stereocenters. The van der Waals surface area contributed by atoms with Crippen molar-refractivity contribution >= 4 is 23.4 Å². The highest BCUT2D eigenvalue weighted by atomic mass is 32.2. The monoisotopic (exact) mass is 471 g/mol. The fourth-order valence-corrected chi connectivity index (χ4v) is 4.03. The first-order valence-corrected chi connectivity index (χ1v) is 11.9. The molecule has 0 saturated carbocycles. The maximum absolute atomic E-state index is 12.5. The van der Waals surface area contributed by atoms with E-state index in [-0.39, 0.29) is 11.7 Å². The average Bonchev–Trinajstić information content (AvgIpc) is 3.31. The summed E-state index contributed by atoms with van der Waals surface area (Å²) in [7, 11) is 0. The van der Waals surface area contributed by atoms with E-state index in [1.807, 2.05) is 103 Å². The third-order valence-electron chi connectivity index (χ3n) is 4.94. The van der Waals surface area contributed by atoms with Gasteiger partial charge in [-0.05, 0) is 43.7 Å². The van der Waals surface area contributed by atoms with Gasteiger partial charge in [0.2, 0.25) is 0 Å². The molecule has 1 heterocycles. The Balaban J connectivity index is 1.53. The normalized spacial score (nSPS) is 11.3. The van der Waals surface area contributed by atoms with Crippen LogP contribution in [0.15, 0.2) is 95.2 Å². The number of carbonyl (C=O) groups is 1. The Kier molecular flexibility index (Phi) is 7.72. The number of thioether (sulfide) groups is 1. The topological polar surface area (TPSA) is 81.4 Å². The molecule has 8 heteroatoms. The Morgan fingerprint density at radius 2 is 1.65 bits per heavy atom. The molecule has 0 aliphatic heterocycles. The number of aromatic nitrogens is 3. The van der Waals surface area contributed by atoms with E-state index < -0.39 is 0 Å². The first-order valence-electron chi connectivity index (χ1n) is 10.9. The van der Waals surface area contributed by atoms with Crippen LogP contribution in [0.4, 0.5) is 0 Å². The van der Waals surface area contributed by atoms with Crippen molar-refractivity contribution in [1.82, 2.24) is 20.2 Å². The van der Waals surface area contributed by atoms with Crippen molar-refractivity contribution in [3.8, 4) is 22.8 Å². The van der Waals surface area contributed by atoms with Gasteiger partial charge in [0.1, 0.15) is 5.75 Å². The number of amides is 1. The van der Waals surface area contributed by atoms with Gasteiger partial charge in [0.05, 0.1) is 18.1 Å². The highest BCUT2D eigenvalue weighted by Gasteiger charge is 2.17. The highest BCUT2D eigenvalue weighted by Crippen LogP contribution is 2.28. The van der Waals surface area contributed by atoms with Crippen molar-refractivity contribution in [2.24, 2.45) is 5.10 Å². The molecule has 0 bridgehead atoms. The summed E-state index contributed by atoms with van der Waals surface area (Å²) in [5, 5.41) is 13.6. The number of rotatable bonds is 9. The second-order valence-corrected chi connectivity index (χ2v) is 8.26. The van der Waals surface area contributed by atoms with Crippen molar-refractivity contribution in [3.63, 3.8) is 0 Å². The zero-order chi connectivity index (χ0) is 23.8. The standard InChI is InChI=1S/C26H25N5O2S/c1-3-33-23-16-14-22(15-17-23)31-25(21-12-8-5-9-13-21)29-30-26(31)34-18-24(32)28-27-19(2)20-10-6-4-7-11-20/h4-17H,3,18H2,1-2H3,(H,28,32)/b27-19-. The van der Waals surface area contributed by atoms with Crippen LogP contribution in [0.25, 0.3) is 17.1 Å². The van der Waals surface area contributed by atoms with Crippen molar-refractivity contribution in [2.45, 2.75) is 19.0 Å². The van der Waals surface area contributed by atoms with Gasteiger partial charge in [-0.3, -0.25) is 9.36 Å². The quantitative estimate of drug-likeness (QED) is 0.212. The van der Waals surface area contributed by atoms with Crippen LogP contribution in [-0.4, -0.2) is 38.7 Å². The van der Waals surface area contributed by atoms with E-state index in [9.17, 15) is 4.79 Å². The molecule has 1 N–H and O–H groups in total. The second-order valence-electron chi connectivity index (χ2n) is 7.32. The van der Waals surface area contributed by atoms with Crippen LogP contribution in [0.3, 0.4) is 0 Å². The minimum Gasteiger partial charge on any atom is -0.494 e. The van der Waals surface area contributed by atoms with Crippen LogP contribution < -0.4 is 10.2 Å². The number of hydrazone groups is 1. The lowest BCUT2D eigenvalue weighted by Gasteiger charge is -2.11. The Bertz CT molecular complexity index is 1260. The van der Waals surface area contributed by atoms with E-state index in [0.717, 1.165) is 28.3 Å². The van der Waals surface area contributed by atoms with E-state index in [2.05, 4.69) is 20.7 Å². The van der Waals surface area contributed by atoms with Crippen molar-refractivity contribution in [3.05, 3.63) is 90.5 Å². The van der Waals surface area contributed by atoms with Crippen molar-refractivity contribution < 1.29 is 9.53 Å². The smallest absolute Gasteiger partial charge is 0.250 e. The highest BCUT2D eigenvalue weighted by molar-refractivity contribution is 7.99. The zero-order valence-corrected chi connectivity index (χ0v) is 19.8. The maximum Gasteiger partial charge on any atom is 0.250 e. The molecule has 0 unspecified atom stereocenters. The molecule has 4 rings (SSSR count). The number of hydrogen-bond donors (Lipinski definition) is 1. The molecular formula is C26H25N5O2S. The molecule has 7 nitrogen and oxygen atoms in total. The molecule has 0 aliphatic rings. The number of benzene rings is 3. The predicted octanol–water partition coefficient (Wildman–Crippen LogP) is 4.97. The molecule has 1 aromatic heterocycles. The summed E-state index contributed by atoms with van der Waals surface area (Å²) in [5.74, 6) is 1.42. The fraction of sp³-hybridized carbons (Fsp3) is 0.154. The van der Waals surface area contributed by atoms with E-state index in [4.69, 9.17) is 4.74 Å². The average molecular weight is 472 g/mol. The van der Waals surface area contributed by atoms with Crippen LogP contribution >= 0.6 is 11.8 Å². The van der Waals surface area contributed by atoms with Gasteiger partial charge >= 0.3 is 0 Å². The lowest BCUT2D eigenvalue weighted by Crippen LogP contribution is -2.21. The van der Waals surface area contributed by atoms with E-state index in [1.54, 1.807) is 0 Å². The van der Waals surface area contributed by atoms with Crippen LogP contribution in [-0.2, 0) is 4.79 Å². The van der Waals surface area contributed by atoms with Gasteiger partial charge in [-0.2, -0.15) is 5.10 Å². The molecular weight excluding hydrogens is 446 g/mol. The summed E-state index contributed by atoms with van der Waals surface area (Å²) in [6, 6.07) is 27.3. The SMILES string of the molecule is CCOc1ccc(-n2c(SCC(=O)N/N=C(/C)c3ccccc3)nnc2-c2ccccc2)cc1. The number of hydrogen-bond acceptors (Lipinski definition) is 6. The first kappa shape index (κ1) is 23.3. The van der Waals surface area contributed by atoms with Gasteiger partial charge < -0.3 is 4.74 Å². The Labute approximate surface area is 202 Å². The van der Waals surface area contributed by atoms with Crippen LogP contribution in [0.5, 0.6) is 5.75 Å². The van der Waals surface area contributed by atoms with E-state index in [0.29, 0.717) is 17.6 Å². The maximum atomic E-state index is 12.5. The molecule has 0 aliphatic carbocycles. The molecule has 1 amide bonds. The summed E-state index contributed by atoms with van der Waals surface area (Å²) >= 11 is 1.30. The molecule has 0 radical (unpaired) electrons. The Morgan fingerprint density at radius 1 is 0.971 bits per heavy atom. The largest absolute Gasteiger partial charge is 0.494 e. The minimum absolute atomic E-state index is 0.148. The lowest BCUT2D eigenvalue weighted by molar-refractivity contribution is -0.118. The van der Waals surface area contributed by atoms with Gasteiger partial charge in [0, 0.05) is 11.3 Å². The van der Waals surface area contributed by atoms with Crippen LogP contribution in [0.2, 0.25) is 0 Å². The van der Waals surface area contributed by atoms with Gasteiger partial charge in [0.15, 0.2) is 11.0 Å². The van der Waals surface area contributed by atoms with Gasteiger partial charge in [-0.25, -0.2) is 5.43 Å². The molecule has 0 fully saturated rings. The molecule has 0 spiro atoms. The number of ether oxygens (including phenoxy) is 1. The summed E-state index contributed by atoms with van der Waals surface area (Å²) in [6.45, 7) is 4.41. The third kappa shape index (κ3) is 5.71. The molecule has 172 valence electrons. The lowest BCUT2D eigenvalue weighted by atomic mass is 10.1. The van der Waals surface area contributed by atoms with Crippen LogP contribution in [0, 0.1) is 0 Å². The first-order chi connectivity index (χ1) is 16.7. The summed E-state index contributed by atoms with van der Waals surface area (Å²) < 4.78 is 7.52. The molecule has 0 saturated heterocycles. The van der Waals surface area contributed by atoms with E-state index in [1.165, 1.54) is 11.8 Å². The van der Waals surface area contributed by atoms with E-state index >= 15 is 0 Å². The van der Waals surface area contributed by atoms with Crippen molar-refractivity contribution in [1.29, 1.82) is 0 Å². The van der Waals surface area contributed by atoms with Gasteiger partial charge in [-0.1, -0.05) is 72.4 Å². The van der Waals surface area contributed by atoms with Crippen molar-refractivity contribution in [2.75, 3.05) is 12.4 Å². The van der Waals surface area contributed by atoms with Gasteiger partial charge in [0.25, 0.3) is 5.91 Å². The van der Waals surface area contributed by atoms with Crippen LogP contribution in [0.1, 0.15) is 19.4 Å². The summed E-state index contributed by atoms with van der Waals surface area (Å²) in [4.78, 5) is 12.5. The number of nitrogens with one attached hydrogen (secondary N) is 1. The molecule has 3 aromatic carbocycles. The molecule has 4 aromatic rings. The Hall–Kier alpha value is -3.91.